The van der Waals surface area contributed by atoms with Crippen LogP contribution in [0.4, 0.5) is 0 Å². The number of hydrogen-bond acceptors (Lipinski definition) is 4. The summed E-state index contributed by atoms with van der Waals surface area (Å²) in [5, 5.41) is 4.14. The van der Waals surface area contributed by atoms with Crippen LogP contribution in [-0.4, -0.2) is 30.4 Å². The van der Waals surface area contributed by atoms with Gasteiger partial charge in [-0.15, -0.1) is 11.3 Å². The second kappa shape index (κ2) is 7.33. The zero-order chi connectivity index (χ0) is 17.9. The quantitative estimate of drug-likeness (QED) is 0.689. The number of thiazole rings is 1. The number of fused-ring (bicyclic) bond motifs is 1. The van der Waals surface area contributed by atoms with E-state index < -0.39 is 21.5 Å². The Morgan fingerprint density at radius 1 is 1.16 bits per heavy atom. The average molecular weight is 374 g/mol. The van der Waals surface area contributed by atoms with E-state index in [1.165, 1.54) is 18.3 Å². The highest BCUT2D eigenvalue weighted by molar-refractivity contribution is 7.92. The molecule has 0 aliphatic rings. The van der Waals surface area contributed by atoms with Gasteiger partial charge in [0, 0.05) is 17.3 Å². The van der Waals surface area contributed by atoms with Gasteiger partial charge in [-0.1, -0.05) is 49.4 Å². The van der Waals surface area contributed by atoms with E-state index in [1.807, 2.05) is 40.4 Å². The number of amides is 1. The molecule has 1 amide bonds. The van der Waals surface area contributed by atoms with Crippen molar-refractivity contribution in [3.63, 3.8) is 0 Å². The van der Waals surface area contributed by atoms with E-state index >= 15 is 0 Å². The summed E-state index contributed by atoms with van der Waals surface area (Å²) in [4.78, 5) is 16.4. The van der Waals surface area contributed by atoms with Crippen LogP contribution in [0.2, 0.25) is 0 Å². The van der Waals surface area contributed by atoms with E-state index in [0.717, 1.165) is 16.3 Å². The maximum atomic E-state index is 11.9. The number of nitrogens with zero attached hydrogens (tertiary/aromatic N) is 2. The Labute approximate surface area is 150 Å². The Kier molecular flexibility index (Phi) is 5.15. The number of benzene rings is 2. The predicted octanol–water partition coefficient (Wildman–Crippen LogP) is 2.61. The first-order valence-corrected chi connectivity index (χ1v) is 10.6. The number of hydrogen-bond donors (Lipinski definition) is 0. The molecule has 7 heteroatoms. The summed E-state index contributed by atoms with van der Waals surface area (Å²) in [6.07, 6.45) is 1.85. The molecule has 1 heterocycles. The molecule has 25 heavy (non-hydrogen) atoms. The van der Waals surface area contributed by atoms with Crippen molar-refractivity contribution in [2.45, 2.75) is 13.5 Å². The molecule has 0 radical (unpaired) electrons. The van der Waals surface area contributed by atoms with Crippen LogP contribution >= 0.6 is 11.3 Å². The number of sulfone groups is 1. The first-order valence-electron chi connectivity index (χ1n) is 7.87. The Morgan fingerprint density at radius 2 is 1.92 bits per heavy atom. The van der Waals surface area contributed by atoms with Crippen molar-refractivity contribution >= 4 is 37.9 Å². The predicted molar refractivity (Wildman–Crippen MR) is 100 cm³/mol. The third-order valence-corrected chi connectivity index (χ3v) is 6.24. The molecule has 0 spiro atoms. The van der Waals surface area contributed by atoms with E-state index in [1.54, 1.807) is 0 Å². The largest absolute Gasteiger partial charge is 0.319 e. The zero-order valence-electron chi connectivity index (χ0n) is 13.8. The highest BCUT2D eigenvalue weighted by Crippen LogP contribution is 2.19. The fraction of sp³-hybridized carbons (Fsp3) is 0.222. The SMILES string of the molecule is CCS(=O)(=O)CC(=O)N=c1sccn1Cc1cccc2ccccc12. The molecule has 2 aromatic carbocycles. The summed E-state index contributed by atoms with van der Waals surface area (Å²) in [6, 6.07) is 14.2. The van der Waals surface area contributed by atoms with Crippen LogP contribution in [0.1, 0.15) is 12.5 Å². The minimum atomic E-state index is -3.37. The highest BCUT2D eigenvalue weighted by atomic mass is 32.2. The summed E-state index contributed by atoms with van der Waals surface area (Å²) < 4.78 is 25.0. The Bertz CT molecular complexity index is 1070. The summed E-state index contributed by atoms with van der Waals surface area (Å²) >= 11 is 1.32. The normalized spacial score (nSPS) is 12.6. The van der Waals surface area contributed by atoms with Crippen molar-refractivity contribution in [1.82, 2.24) is 4.57 Å². The van der Waals surface area contributed by atoms with Crippen molar-refractivity contribution in [3.05, 3.63) is 64.4 Å². The van der Waals surface area contributed by atoms with E-state index in [4.69, 9.17) is 0 Å². The fourth-order valence-electron chi connectivity index (χ4n) is 2.55. The van der Waals surface area contributed by atoms with Gasteiger partial charge in [-0.05, 0) is 16.3 Å². The lowest BCUT2D eigenvalue weighted by Crippen LogP contribution is -2.21. The number of aromatic nitrogens is 1. The summed E-state index contributed by atoms with van der Waals surface area (Å²) in [5.41, 5.74) is 1.12. The van der Waals surface area contributed by atoms with Crippen LogP contribution in [0.15, 0.2) is 59.0 Å². The zero-order valence-corrected chi connectivity index (χ0v) is 15.4. The van der Waals surface area contributed by atoms with Gasteiger partial charge in [0.1, 0.15) is 5.75 Å². The Balaban J connectivity index is 1.92. The molecule has 0 aliphatic carbocycles. The van der Waals surface area contributed by atoms with Gasteiger partial charge in [-0.3, -0.25) is 4.79 Å². The summed E-state index contributed by atoms with van der Waals surface area (Å²) in [5.74, 6) is -1.24. The van der Waals surface area contributed by atoms with Crippen LogP contribution in [0, 0.1) is 0 Å². The molecule has 3 rings (SSSR count). The van der Waals surface area contributed by atoms with Crippen molar-refractivity contribution in [3.8, 4) is 0 Å². The molecular formula is C18H18N2O3S2. The van der Waals surface area contributed by atoms with Crippen LogP contribution in [0.25, 0.3) is 10.8 Å². The number of carbonyl (C=O) groups is 1. The molecule has 0 aliphatic heterocycles. The first-order chi connectivity index (χ1) is 12.0. The van der Waals surface area contributed by atoms with Crippen molar-refractivity contribution < 1.29 is 13.2 Å². The molecule has 0 N–H and O–H groups in total. The Morgan fingerprint density at radius 3 is 2.72 bits per heavy atom. The molecule has 0 saturated heterocycles. The van der Waals surface area contributed by atoms with Crippen molar-refractivity contribution in [2.75, 3.05) is 11.5 Å². The molecule has 0 saturated carbocycles. The lowest BCUT2D eigenvalue weighted by atomic mass is 10.0. The maximum Gasteiger partial charge on any atom is 0.263 e. The van der Waals surface area contributed by atoms with Gasteiger partial charge < -0.3 is 4.57 Å². The topological polar surface area (TPSA) is 68.5 Å². The highest BCUT2D eigenvalue weighted by Gasteiger charge is 2.14. The molecule has 3 aromatic rings. The Hall–Kier alpha value is -2.25. The minimum Gasteiger partial charge on any atom is -0.319 e. The lowest BCUT2D eigenvalue weighted by Gasteiger charge is -2.07. The number of rotatable bonds is 5. The van der Waals surface area contributed by atoms with E-state index in [0.29, 0.717) is 11.3 Å². The maximum absolute atomic E-state index is 11.9. The van der Waals surface area contributed by atoms with E-state index in [9.17, 15) is 13.2 Å². The third kappa shape index (κ3) is 4.24. The molecule has 0 unspecified atom stereocenters. The van der Waals surface area contributed by atoms with Gasteiger partial charge in [0.2, 0.25) is 0 Å². The number of carbonyl (C=O) groups excluding carboxylic acids is 1. The smallest absolute Gasteiger partial charge is 0.263 e. The standard InChI is InChI=1S/C18H18N2O3S2/c1-2-25(22,23)13-17(21)19-18-20(10-11-24-18)12-15-8-5-7-14-6-3-4-9-16(14)15/h3-11H,2,12-13H2,1H3. The molecular weight excluding hydrogens is 356 g/mol. The van der Waals surface area contributed by atoms with Crippen molar-refractivity contribution in [1.29, 1.82) is 0 Å². The van der Waals surface area contributed by atoms with Gasteiger partial charge >= 0.3 is 0 Å². The second-order valence-electron chi connectivity index (χ2n) is 5.63. The lowest BCUT2D eigenvalue weighted by molar-refractivity contribution is -0.115. The molecule has 130 valence electrons. The van der Waals surface area contributed by atoms with Gasteiger partial charge in [0.25, 0.3) is 5.91 Å². The van der Waals surface area contributed by atoms with Gasteiger partial charge in [-0.2, -0.15) is 4.99 Å². The minimum absolute atomic E-state index is 0.0608. The molecule has 5 nitrogen and oxygen atoms in total. The summed E-state index contributed by atoms with van der Waals surface area (Å²) in [7, 11) is -3.37. The molecule has 0 bridgehead atoms. The van der Waals surface area contributed by atoms with Gasteiger partial charge in [0.05, 0.1) is 6.54 Å². The summed E-state index contributed by atoms with van der Waals surface area (Å²) in [6.45, 7) is 2.09. The van der Waals surface area contributed by atoms with Gasteiger partial charge in [-0.25, -0.2) is 8.42 Å². The molecule has 1 aromatic heterocycles. The van der Waals surface area contributed by atoms with E-state index in [-0.39, 0.29) is 5.75 Å². The second-order valence-corrected chi connectivity index (χ2v) is 8.86. The average Bonchev–Trinajstić information content (AvgIpc) is 3.01. The van der Waals surface area contributed by atoms with Gasteiger partial charge in [0.15, 0.2) is 14.6 Å². The van der Waals surface area contributed by atoms with Crippen LogP contribution in [0.5, 0.6) is 0 Å². The third-order valence-electron chi connectivity index (χ3n) is 3.88. The van der Waals surface area contributed by atoms with Crippen LogP contribution in [-0.2, 0) is 21.2 Å². The van der Waals surface area contributed by atoms with Crippen molar-refractivity contribution in [2.24, 2.45) is 4.99 Å². The molecule has 0 fully saturated rings. The molecule has 0 atom stereocenters. The monoisotopic (exact) mass is 374 g/mol. The van der Waals surface area contributed by atoms with Crippen LogP contribution < -0.4 is 4.80 Å². The van der Waals surface area contributed by atoms with E-state index in [2.05, 4.69) is 23.2 Å². The van der Waals surface area contributed by atoms with Crippen LogP contribution in [0.3, 0.4) is 0 Å². The fourth-order valence-corrected chi connectivity index (χ4v) is 3.94. The first kappa shape index (κ1) is 17.6.